The molecule has 2 saturated heterocycles. The van der Waals surface area contributed by atoms with Gasteiger partial charge >= 0.3 is 6.09 Å². The maximum atomic E-state index is 12.1. The third kappa shape index (κ3) is 4.25. The molecular weight excluding hydrogens is 372 g/mol. The Bertz CT molecular complexity index is 584. The Hall–Kier alpha value is -1.21. The van der Waals surface area contributed by atoms with Crippen molar-refractivity contribution in [2.45, 2.75) is 45.8 Å². The molecule has 3 heterocycles. The molecule has 0 radical (unpaired) electrons. The highest BCUT2D eigenvalue weighted by atomic mass is 79.9. The first-order valence-corrected chi connectivity index (χ1v) is 9.21. The van der Waals surface area contributed by atoms with E-state index >= 15 is 0 Å². The molecule has 0 unspecified atom stereocenters. The summed E-state index contributed by atoms with van der Waals surface area (Å²) >= 11 is 3.35. The predicted molar refractivity (Wildman–Crippen MR) is 94.5 cm³/mol. The lowest BCUT2D eigenvalue weighted by Gasteiger charge is -2.53. The van der Waals surface area contributed by atoms with E-state index in [1.165, 1.54) is 0 Å². The Morgan fingerprint density at radius 2 is 1.83 bits per heavy atom. The minimum Gasteiger partial charge on any atom is -0.444 e. The van der Waals surface area contributed by atoms with E-state index in [0.717, 1.165) is 55.9 Å². The molecule has 3 rings (SSSR count). The Labute approximate surface area is 151 Å². The second kappa shape index (κ2) is 6.59. The van der Waals surface area contributed by atoms with Crippen molar-refractivity contribution in [3.8, 4) is 0 Å². The van der Waals surface area contributed by atoms with Crippen LogP contribution >= 0.6 is 15.9 Å². The fourth-order valence-corrected chi connectivity index (χ4v) is 3.65. The molecule has 132 valence electrons. The van der Waals surface area contributed by atoms with Gasteiger partial charge in [-0.2, -0.15) is 0 Å². The van der Waals surface area contributed by atoms with E-state index in [4.69, 9.17) is 4.74 Å². The van der Waals surface area contributed by atoms with Crippen LogP contribution in [-0.4, -0.2) is 57.6 Å². The van der Waals surface area contributed by atoms with Crippen LogP contribution in [0.3, 0.4) is 0 Å². The van der Waals surface area contributed by atoms with Crippen molar-refractivity contribution in [2.24, 2.45) is 5.41 Å². The number of carbonyl (C=O) groups excluding carboxylic acids is 1. The number of likely N-dealkylation sites (tertiary alicyclic amines) is 2. The lowest BCUT2D eigenvalue weighted by atomic mass is 9.72. The number of hydrogen-bond acceptors (Lipinski definition) is 5. The molecule has 0 bridgehead atoms. The van der Waals surface area contributed by atoms with E-state index < -0.39 is 5.60 Å². The number of rotatable bonds is 2. The number of nitrogens with zero attached hydrogens (tertiary/aromatic N) is 4. The first kappa shape index (κ1) is 17.6. The van der Waals surface area contributed by atoms with Crippen LogP contribution in [0.1, 0.15) is 39.4 Å². The molecule has 0 aliphatic carbocycles. The van der Waals surface area contributed by atoms with Crippen LogP contribution < -0.4 is 0 Å². The second-order valence-electron chi connectivity index (χ2n) is 7.93. The summed E-state index contributed by atoms with van der Waals surface area (Å²) in [5.41, 5.74) is -0.0714. The molecule has 2 aliphatic heterocycles. The Morgan fingerprint density at radius 1 is 1.25 bits per heavy atom. The summed E-state index contributed by atoms with van der Waals surface area (Å²) in [5, 5.41) is 0. The van der Waals surface area contributed by atoms with Crippen LogP contribution in [-0.2, 0) is 11.3 Å². The topological polar surface area (TPSA) is 58.6 Å². The predicted octanol–water partition coefficient (Wildman–Crippen LogP) is 3.07. The number of piperidine rings is 1. The van der Waals surface area contributed by atoms with Gasteiger partial charge in [0.15, 0.2) is 0 Å². The van der Waals surface area contributed by atoms with Gasteiger partial charge in [-0.15, -0.1) is 0 Å². The summed E-state index contributed by atoms with van der Waals surface area (Å²) < 4.78 is 6.37. The van der Waals surface area contributed by atoms with Crippen molar-refractivity contribution in [3.63, 3.8) is 0 Å². The SMILES string of the molecule is CC(C)(C)OC(=O)N1CCC2(CC1)CN(Cc1ncc(Br)cn1)C2. The number of halogens is 1. The standard InChI is InChI=1S/C17H25BrN4O2/c1-16(2,3)24-15(23)22-6-4-17(5-7-22)11-21(12-17)10-14-19-8-13(18)9-20-14/h8-9H,4-7,10-12H2,1-3H3. The highest BCUT2D eigenvalue weighted by Gasteiger charge is 2.45. The van der Waals surface area contributed by atoms with Gasteiger partial charge in [-0.05, 0) is 55.0 Å². The Morgan fingerprint density at radius 3 is 2.38 bits per heavy atom. The van der Waals surface area contributed by atoms with Gasteiger partial charge < -0.3 is 9.64 Å². The molecule has 2 aliphatic rings. The summed E-state index contributed by atoms with van der Waals surface area (Å²) in [6, 6.07) is 0. The third-order valence-corrected chi connectivity index (χ3v) is 5.04. The Balaban J connectivity index is 1.45. The molecule has 2 fully saturated rings. The lowest BCUT2D eigenvalue weighted by Crippen LogP contribution is -2.60. The average Bonchev–Trinajstić information content (AvgIpc) is 2.47. The van der Waals surface area contributed by atoms with Crippen LogP contribution in [0.5, 0.6) is 0 Å². The van der Waals surface area contributed by atoms with Crippen LogP contribution in [0.2, 0.25) is 0 Å². The number of carbonyl (C=O) groups is 1. The fourth-order valence-electron chi connectivity index (χ4n) is 3.44. The molecule has 24 heavy (non-hydrogen) atoms. The molecule has 0 saturated carbocycles. The van der Waals surface area contributed by atoms with Crippen molar-refractivity contribution in [2.75, 3.05) is 26.2 Å². The van der Waals surface area contributed by atoms with Crippen molar-refractivity contribution in [3.05, 3.63) is 22.7 Å². The number of ether oxygens (including phenoxy) is 1. The first-order valence-electron chi connectivity index (χ1n) is 8.41. The summed E-state index contributed by atoms with van der Waals surface area (Å²) in [5.74, 6) is 0.860. The van der Waals surface area contributed by atoms with Gasteiger partial charge in [-0.3, -0.25) is 4.90 Å². The quantitative estimate of drug-likeness (QED) is 0.768. The van der Waals surface area contributed by atoms with Gasteiger partial charge in [0, 0.05) is 38.6 Å². The number of amides is 1. The molecule has 0 atom stereocenters. The van der Waals surface area contributed by atoms with Crippen molar-refractivity contribution >= 4 is 22.0 Å². The van der Waals surface area contributed by atoms with Crippen LogP contribution in [0, 0.1) is 5.41 Å². The zero-order chi connectivity index (χ0) is 17.4. The molecule has 1 amide bonds. The van der Waals surface area contributed by atoms with Crippen molar-refractivity contribution < 1.29 is 9.53 Å². The zero-order valence-electron chi connectivity index (χ0n) is 14.6. The number of hydrogen-bond donors (Lipinski definition) is 0. The van der Waals surface area contributed by atoms with E-state index in [2.05, 4.69) is 30.8 Å². The van der Waals surface area contributed by atoms with Gasteiger partial charge in [0.25, 0.3) is 0 Å². The zero-order valence-corrected chi connectivity index (χ0v) is 16.2. The van der Waals surface area contributed by atoms with Crippen LogP contribution in [0.15, 0.2) is 16.9 Å². The third-order valence-electron chi connectivity index (χ3n) is 4.63. The van der Waals surface area contributed by atoms with Crippen LogP contribution in [0.25, 0.3) is 0 Å². The molecular formula is C17H25BrN4O2. The summed E-state index contributed by atoms with van der Waals surface area (Å²) in [6.45, 7) is 10.2. The molecule has 0 N–H and O–H groups in total. The lowest BCUT2D eigenvalue weighted by molar-refractivity contribution is -0.0560. The van der Waals surface area contributed by atoms with E-state index in [-0.39, 0.29) is 6.09 Å². The van der Waals surface area contributed by atoms with Gasteiger partial charge in [0.05, 0.1) is 11.0 Å². The summed E-state index contributed by atoms with van der Waals surface area (Å²) in [4.78, 5) is 25.0. The molecule has 0 aromatic carbocycles. The smallest absolute Gasteiger partial charge is 0.410 e. The average molecular weight is 397 g/mol. The summed E-state index contributed by atoms with van der Waals surface area (Å²) in [6.07, 6.45) is 5.49. The van der Waals surface area contributed by atoms with E-state index in [0.29, 0.717) is 5.41 Å². The van der Waals surface area contributed by atoms with Crippen LogP contribution in [0.4, 0.5) is 4.79 Å². The highest BCUT2D eigenvalue weighted by Crippen LogP contribution is 2.41. The number of aromatic nitrogens is 2. The minimum absolute atomic E-state index is 0.184. The molecule has 6 nitrogen and oxygen atoms in total. The van der Waals surface area contributed by atoms with E-state index in [1.807, 2.05) is 25.7 Å². The van der Waals surface area contributed by atoms with E-state index in [9.17, 15) is 4.79 Å². The minimum atomic E-state index is -0.426. The molecule has 7 heteroatoms. The fraction of sp³-hybridized carbons (Fsp3) is 0.706. The van der Waals surface area contributed by atoms with Gasteiger partial charge in [0.2, 0.25) is 0 Å². The monoisotopic (exact) mass is 396 g/mol. The molecule has 1 aromatic rings. The van der Waals surface area contributed by atoms with Gasteiger partial charge in [0.1, 0.15) is 11.4 Å². The maximum absolute atomic E-state index is 12.1. The molecule has 1 spiro atoms. The van der Waals surface area contributed by atoms with E-state index in [1.54, 1.807) is 12.4 Å². The van der Waals surface area contributed by atoms with Gasteiger partial charge in [-0.25, -0.2) is 14.8 Å². The maximum Gasteiger partial charge on any atom is 0.410 e. The largest absolute Gasteiger partial charge is 0.444 e. The highest BCUT2D eigenvalue weighted by molar-refractivity contribution is 9.10. The van der Waals surface area contributed by atoms with Gasteiger partial charge in [-0.1, -0.05) is 0 Å². The molecule has 1 aromatic heterocycles. The van der Waals surface area contributed by atoms with Crippen molar-refractivity contribution in [1.82, 2.24) is 19.8 Å². The summed E-state index contributed by atoms with van der Waals surface area (Å²) in [7, 11) is 0. The first-order chi connectivity index (χ1) is 11.2. The normalized spacial score (nSPS) is 20.8. The van der Waals surface area contributed by atoms with Crippen molar-refractivity contribution in [1.29, 1.82) is 0 Å². The second-order valence-corrected chi connectivity index (χ2v) is 8.85. The Kier molecular flexibility index (Phi) is 4.84.